The second-order valence-electron chi connectivity index (χ2n) is 4.20. The Kier molecular flexibility index (Phi) is 2.62. The number of rotatable bonds is 2. The van der Waals surface area contributed by atoms with E-state index in [1.165, 1.54) is 6.33 Å². The maximum absolute atomic E-state index is 11.7. The van der Waals surface area contributed by atoms with Crippen molar-refractivity contribution in [3.63, 3.8) is 0 Å². The molecule has 8 heteroatoms. The zero-order valence-electron chi connectivity index (χ0n) is 9.33. The standard InChI is InChI=1S/C10H12N4O4/c15-2-6-4(16)1-5(18-6)8-13-9-7(10(17)14-8)11-3-12-9/h3-6,15-16H,1-2H2,(H2,11,12,13,14,17)/t4-,5+,6+/m0/s1. The molecule has 0 spiro atoms. The molecule has 3 heterocycles. The minimum Gasteiger partial charge on any atom is -0.394 e. The second kappa shape index (κ2) is 4.16. The molecule has 0 saturated carbocycles. The molecule has 1 aliphatic rings. The monoisotopic (exact) mass is 252 g/mol. The lowest BCUT2D eigenvalue weighted by Crippen LogP contribution is -2.24. The van der Waals surface area contributed by atoms with Crippen molar-refractivity contribution in [2.24, 2.45) is 0 Å². The van der Waals surface area contributed by atoms with Crippen LogP contribution >= 0.6 is 0 Å². The van der Waals surface area contributed by atoms with Gasteiger partial charge in [0.05, 0.1) is 19.0 Å². The zero-order chi connectivity index (χ0) is 12.7. The van der Waals surface area contributed by atoms with Crippen LogP contribution in [0.25, 0.3) is 11.2 Å². The molecule has 1 saturated heterocycles. The summed E-state index contributed by atoms with van der Waals surface area (Å²) < 4.78 is 5.42. The summed E-state index contributed by atoms with van der Waals surface area (Å²) in [5.74, 6) is 0.314. The summed E-state index contributed by atoms with van der Waals surface area (Å²) in [5, 5.41) is 18.6. The summed E-state index contributed by atoms with van der Waals surface area (Å²) in [5.41, 5.74) is 0.272. The first-order valence-electron chi connectivity index (χ1n) is 5.56. The summed E-state index contributed by atoms with van der Waals surface area (Å²) in [7, 11) is 0. The van der Waals surface area contributed by atoms with Gasteiger partial charge in [0.2, 0.25) is 0 Å². The van der Waals surface area contributed by atoms with Crippen LogP contribution in [0.4, 0.5) is 0 Å². The van der Waals surface area contributed by atoms with E-state index < -0.39 is 18.3 Å². The summed E-state index contributed by atoms with van der Waals surface area (Å²) in [6.07, 6.45) is -0.275. The third-order valence-corrected chi connectivity index (χ3v) is 3.02. The Labute approximate surface area is 101 Å². The largest absolute Gasteiger partial charge is 0.394 e. The number of H-pyrrole nitrogens is 2. The summed E-state index contributed by atoms with van der Waals surface area (Å²) in [6, 6.07) is 0. The first-order chi connectivity index (χ1) is 8.69. The molecule has 8 nitrogen and oxygen atoms in total. The fraction of sp³-hybridized carbons (Fsp3) is 0.500. The molecule has 1 fully saturated rings. The van der Waals surface area contributed by atoms with Gasteiger partial charge in [-0.15, -0.1) is 0 Å². The van der Waals surface area contributed by atoms with E-state index >= 15 is 0 Å². The van der Waals surface area contributed by atoms with E-state index in [4.69, 9.17) is 9.84 Å². The number of aromatic amines is 2. The van der Waals surface area contributed by atoms with Gasteiger partial charge in [-0.1, -0.05) is 0 Å². The fourth-order valence-electron chi connectivity index (χ4n) is 2.08. The van der Waals surface area contributed by atoms with Crippen molar-refractivity contribution in [1.29, 1.82) is 0 Å². The highest BCUT2D eigenvalue weighted by Gasteiger charge is 2.35. The topological polar surface area (TPSA) is 124 Å². The lowest BCUT2D eigenvalue weighted by molar-refractivity contribution is -0.0246. The Morgan fingerprint density at radius 3 is 3.11 bits per heavy atom. The van der Waals surface area contributed by atoms with E-state index in [1.54, 1.807) is 0 Å². The van der Waals surface area contributed by atoms with Crippen LogP contribution in [0, 0.1) is 0 Å². The third kappa shape index (κ3) is 1.70. The molecule has 4 N–H and O–H groups in total. The van der Waals surface area contributed by atoms with Crippen LogP contribution in [0.3, 0.4) is 0 Å². The second-order valence-corrected chi connectivity index (χ2v) is 4.20. The van der Waals surface area contributed by atoms with Gasteiger partial charge in [0, 0.05) is 6.42 Å². The van der Waals surface area contributed by atoms with E-state index in [1.807, 2.05) is 0 Å². The summed E-state index contributed by atoms with van der Waals surface area (Å²) in [4.78, 5) is 25.1. The van der Waals surface area contributed by atoms with Gasteiger partial charge >= 0.3 is 0 Å². The van der Waals surface area contributed by atoms with Crippen molar-refractivity contribution in [2.75, 3.05) is 6.61 Å². The molecule has 96 valence electrons. The van der Waals surface area contributed by atoms with Crippen molar-refractivity contribution in [3.05, 3.63) is 22.5 Å². The minimum absolute atomic E-state index is 0.271. The van der Waals surface area contributed by atoms with Crippen molar-refractivity contribution < 1.29 is 14.9 Å². The quantitative estimate of drug-likeness (QED) is 0.534. The molecule has 0 radical (unpaired) electrons. The maximum Gasteiger partial charge on any atom is 0.277 e. The van der Waals surface area contributed by atoms with Gasteiger partial charge in [-0.05, 0) is 0 Å². The average Bonchev–Trinajstić information content (AvgIpc) is 2.95. The third-order valence-electron chi connectivity index (χ3n) is 3.02. The molecule has 0 aliphatic carbocycles. The minimum atomic E-state index is -0.764. The highest BCUT2D eigenvalue weighted by atomic mass is 16.5. The van der Waals surface area contributed by atoms with Gasteiger partial charge in [-0.3, -0.25) is 4.79 Å². The van der Waals surface area contributed by atoms with Crippen LogP contribution in [-0.4, -0.2) is 49.0 Å². The predicted molar refractivity (Wildman–Crippen MR) is 59.8 cm³/mol. The lowest BCUT2D eigenvalue weighted by Gasteiger charge is -2.11. The number of aromatic nitrogens is 4. The summed E-state index contributed by atoms with van der Waals surface area (Å²) in [6.45, 7) is -0.271. The average molecular weight is 252 g/mol. The predicted octanol–water partition coefficient (Wildman–Crippen LogP) is -1.17. The number of fused-ring (bicyclic) bond motifs is 1. The van der Waals surface area contributed by atoms with Gasteiger partial charge in [0.25, 0.3) is 5.56 Å². The Hall–Kier alpha value is -1.77. The number of nitrogens with one attached hydrogen (secondary N) is 2. The molecule has 2 aromatic rings. The van der Waals surface area contributed by atoms with E-state index in [2.05, 4.69) is 19.9 Å². The Morgan fingerprint density at radius 2 is 2.39 bits per heavy atom. The van der Waals surface area contributed by atoms with Crippen LogP contribution in [0.5, 0.6) is 0 Å². The molecular formula is C10H12N4O4. The number of nitrogens with zero attached hydrogens (tertiary/aromatic N) is 2. The molecule has 3 rings (SSSR count). The molecule has 0 amide bonds. The van der Waals surface area contributed by atoms with E-state index in [9.17, 15) is 9.90 Å². The first kappa shape index (κ1) is 11.3. The van der Waals surface area contributed by atoms with Gasteiger partial charge in [0.1, 0.15) is 18.0 Å². The van der Waals surface area contributed by atoms with Gasteiger partial charge < -0.3 is 24.9 Å². The zero-order valence-corrected chi connectivity index (χ0v) is 9.33. The van der Waals surface area contributed by atoms with Gasteiger partial charge in [-0.2, -0.15) is 0 Å². The first-order valence-corrected chi connectivity index (χ1v) is 5.56. The molecule has 18 heavy (non-hydrogen) atoms. The van der Waals surface area contributed by atoms with Gasteiger partial charge in [-0.25, -0.2) is 9.97 Å². The number of hydrogen-bond acceptors (Lipinski definition) is 6. The van der Waals surface area contributed by atoms with Crippen LogP contribution < -0.4 is 5.56 Å². The SMILES string of the molecule is O=c1[nH]c([C@H]2C[C@H](O)[C@@H](CO)O2)nc2nc[nH]c12. The molecule has 3 atom stereocenters. The van der Waals surface area contributed by atoms with Crippen LogP contribution in [0.1, 0.15) is 18.3 Å². The van der Waals surface area contributed by atoms with E-state index in [-0.39, 0.29) is 18.6 Å². The maximum atomic E-state index is 11.7. The molecule has 0 unspecified atom stereocenters. The number of aliphatic hydroxyl groups excluding tert-OH is 2. The van der Waals surface area contributed by atoms with Crippen molar-refractivity contribution in [1.82, 2.24) is 19.9 Å². The normalized spacial score (nSPS) is 28.0. The van der Waals surface area contributed by atoms with Crippen LogP contribution in [0.2, 0.25) is 0 Å². The van der Waals surface area contributed by atoms with E-state index in [0.717, 1.165) is 0 Å². The summed E-state index contributed by atoms with van der Waals surface area (Å²) >= 11 is 0. The smallest absolute Gasteiger partial charge is 0.277 e. The lowest BCUT2D eigenvalue weighted by atomic mass is 10.1. The van der Waals surface area contributed by atoms with Crippen molar-refractivity contribution in [2.45, 2.75) is 24.7 Å². The molecule has 2 aromatic heterocycles. The Bertz CT molecular complexity index is 622. The van der Waals surface area contributed by atoms with Gasteiger partial charge in [0.15, 0.2) is 11.2 Å². The van der Waals surface area contributed by atoms with Crippen LogP contribution in [0.15, 0.2) is 11.1 Å². The number of imidazole rings is 1. The molecule has 0 aromatic carbocycles. The fourth-order valence-corrected chi connectivity index (χ4v) is 2.08. The molecule has 0 bridgehead atoms. The number of hydrogen-bond donors (Lipinski definition) is 4. The van der Waals surface area contributed by atoms with Crippen molar-refractivity contribution in [3.8, 4) is 0 Å². The highest BCUT2D eigenvalue weighted by molar-refractivity contribution is 5.68. The highest BCUT2D eigenvalue weighted by Crippen LogP contribution is 2.30. The molecule has 1 aliphatic heterocycles. The van der Waals surface area contributed by atoms with Crippen LogP contribution in [-0.2, 0) is 4.74 Å². The number of aliphatic hydroxyl groups is 2. The molecular weight excluding hydrogens is 240 g/mol. The van der Waals surface area contributed by atoms with E-state index in [0.29, 0.717) is 17.0 Å². The Morgan fingerprint density at radius 1 is 1.56 bits per heavy atom. The Balaban J connectivity index is 1.98. The number of ether oxygens (including phenoxy) is 1. The van der Waals surface area contributed by atoms with Crippen molar-refractivity contribution >= 4 is 11.2 Å².